The van der Waals surface area contributed by atoms with Crippen molar-refractivity contribution < 1.29 is 23.1 Å². The molecule has 38 heavy (non-hydrogen) atoms. The number of hydrogen-bond donors (Lipinski definition) is 2. The third-order valence-electron chi connectivity index (χ3n) is 5.51. The quantitative estimate of drug-likeness (QED) is 0.215. The maximum atomic E-state index is 13.6. The molecule has 12 heteroatoms. The van der Waals surface area contributed by atoms with Crippen LogP contribution >= 0.6 is 11.3 Å². The first-order valence-electron chi connectivity index (χ1n) is 11.4. The van der Waals surface area contributed by atoms with Crippen LogP contribution in [0.1, 0.15) is 10.5 Å². The van der Waals surface area contributed by atoms with E-state index in [0.29, 0.717) is 39.4 Å². The van der Waals surface area contributed by atoms with Crippen molar-refractivity contribution in [1.82, 2.24) is 19.7 Å². The van der Waals surface area contributed by atoms with E-state index >= 15 is 0 Å². The molecule has 9 nitrogen and oxygen atoms in total. The zero-order valence-corrected chi connectivity index (χ0v) is 20.5. The number of anilines is 1. The zero-order chi connectivity index (χ0) is 26.6. The van der Waals surface area contributed by atoms with Crippen LogP contribution in [0.5, 0.6) is 0 Å². The third-order valence-corrected chi connectivity index (χ3v) is 6.41. The summed E-state index contributed by atoms with van der Waals surface area (Å²) in [5.74, 6) is -1.99. The number of ether oxygens (including phenoxy) is 1. The minimum absolute atomic E-state index is 0.179. The highest BCUT2D eigenvalue weighted by atomic mass is 32.1. The van der Waals surface area contributed by atoms with Gasteiger partial charge in [-0.25, -0.2) is 14.4 Å². The molecule has 0 atom stereocenters. The number of thiazole rings is 1. The Kier molecular flexibility index (Phi) is 7.15. The molecule has 5 rings (SSSR count). The maximum absolute atomic E-state index is 13.6. The van der Waals surface area contributed by atoms with E-state index in [1.807, 2.05) is 0 Å². The van der Waals surface area contributed by atoms with Gasteiger partial charge in [-0.15, -0.1) is 11.3 Å². The van der Waals surface area contributed by atoms with Crippen LogP contribution in [0.2, 0.25) is 0 Å². The molecule has 0 aliphatic rings. The fraction of sp³-hybridized carbons (Fsp3) is 0.115. The first-order chi connectivity index (χ1) is 18.4. The number of aromatic nitrogens is 4. The summed E-state index contributed by atoms with van der Waals surface area (Å²) in [4.78, 5) is 32.0. The molecule has 0 aliphatic carbocycles. The van der Waals surface area contributed by atoms with Gasteiger partial charge in [0.25, 0.3) is 5.91 Å². The first kappa shape index (κ1) is 25.1. The normalized spacial score (nSPS) is 11.1. The van der Waals surface area contributed by atoms with Gasteiger partial charge in [0.2, 0.25) is 11.9 Å². The minimum Gasteiger partial charge on any atom is -0.370 e. The summed E-state index contributed by atoms with van der Waals surface area (Å²) in [5.41, 5.74) is 8.31. The second kappa shape index (κ2) is 10.8. The SMILES string of the molecule is NC(=O)COCCn1cc2cc(NC(=O)c3csc(-c4ccc(F)nc4)n3)c(-c3ccc(F)cc3)cc2n1. The number of hydrogen-bond acceptors (Lipinski definition) is 7. The second-order valence-corrected chi connectivity index (χ2v) is 9.09. The van der Waals surface area contributed by atoms with Gasteiger partial charge in [-0.05, 0) is 42.0 Å². The number of pyridine rings is 1. The van der Waals surface area contributed by atoms with Crippen LogP contribution < -0.4 is 11.1 Å². The highest BCUT2D eigenvalue weighted by Crippen LogP contribution is 2.33. The fourth-order valence-electron chi connectivity index (χ4n) is 3.74. The first-order valence-corrected chi connectivity index (χ1v) is 12.3. The topological polar surface area (TPSA) is 125 Å². The molecule has 3 heterocycles. The van der Waals surface area contributed by atoms with Gasteiger partial charge in [0, 0.05) is 40.0 Å². The average Bonchev–Trinajstić information content (AvgIpc) is 3.54. The fourth-order valence-corrected chi connectivity index (χ4v) is 4.53. The van der Waals surface area contributed by atoms with E-state index in [9.17, 15) is 18.4 Å². The Morgan fingerprint density at radius 1 is 1.08 bits per heavy atom. The smallest absolute Gasteiger partial charge is 0.275 e. The minimum atomic E-state index is -0.603. The van der Waals surface area contributed by atoms with E-state index in [0.717, 1.165) is 5.39 Å². The molecule has 0 saturated heterocycles. The van der Waals surface area contributed by atoms with Crippen LogP contribution in [-0.4, -0.2) is 44.8 Å². The average molecular weight is 535 g/mol. The molecular weight excluding hydrogens is 514 g/mol. The molecule has 2 amide bonds. The van der Waals surface area contributed by atoms with Crippen molar-refractivity contribution in [1.29, 1.82) is 0 Å². The Hall–Kier alpha value is -4.55. The van der Waals surface area contributed by atoms with Gasteiger partial charge in [-0.1, -0.05) is 12.1 Å². The highest BCUT2D eigenvalue weighted by molar-refractivity contribution is 7.13. The molecule has 5 aromatic rings. The van der Waals surface area contributed by atoms with Crippen LogP contribution in [0, 0.1) is 11.8 Å². The van der Waals surface area contributed by atoms with Gasteiger partial charge in [-0.2, -0.15) is 9.49 Å². The maximum Gasteiger partial charge on any atom is 0.275 e. The molecule has 3 N–H and O–H groups in total. The summed E-state index contributed by atoms with van der Waals surface area (Å²) in [6.45, 7) is 0.443. The molecule has 2 aromatic carbocycles. The van der Waals surface area contributed by atoms with Gasteiger partial charge in [-0.3, -0.25) is 14.3 Å². The molecule has 0 bridgehead atoms. The van der Waals surface area contributed by atoms with Crippen molar-refractivity contribution in [2.24, 2.45) is 5.73 Å². The van der Waals surface area contributed by atoms with E-state index in [1.54, 1.807) is 46.6 Å². The highest BCUT2D eigenvalue weighted by Gasteiger charge is 2.17. The van der Waals surface area contributed by atoms with Crippen molar-refractivity contribution in [3.8, 4) is 21.7 Å². The molecule has 0 unspecified atom stereocenters. The molecule has 0 radical (unpaired) electrons. The number of nitrogens with two attached hydrogens (primary N) is 1. The molecule has 192 valence electrons. The van der Waals surface area contributed by atoms with E-state index in [2.05, 4.69) is 20.4 Å². The number of halogens is 2. The number of nitrogens with zero attached hydrogens (tertiary/aromatic N) is 4. The second-order valence-electron chi connectivity index (χ2n) is 8.24. The lowest BCUT2D eigenvalue weighted by Gasteiger charge is -2.11. The monoisotopic (exact) mass is 534 g/mol. The van der Waals surface area contributed by atoms with Gasteiger partial charge in [0.05, 0.1) is 18.7 Å². The summed E-state index contributed by atoms with van der Waals surface area (Å²) < 4.78 is 33.6. The number of amides is 2. The van der Waals surface area contributed by atoms with Gasteiger partial charge in [0.1, 0.15) is 23.1 Å². The van der Waals surface area contributed by atoms with Crippen LogP contribution in [-0.2, 0) is 16.1 Å². The summed E-state index contributed by atoms with van der Waals surface area (Å²) in [6, 6.07) is 12.2. The molecule has 0 spiro atoms. The Bertz CT molecular complexity index is 1620. The number of benzene rings is 2. The summed E-state index contributed by atoms with van der Waals surface area (Å²) >= 11 is 1.24. The molecular formula is C26H20F2N6O3S. The number of nitrogens with one attached hydrogen (secondary N) is 1. The lowest BCUT2D eigenvalue weighted by molar-refractivity contribution is -0.122. The molecule has 0 fully saturated rings. The zero-order valence-electron chi connectivity index (χ0n) is 19.7. The van der Waals surface area contributed by atoms with Crippen LogP contribution in [0.25, 0.3) is 32.6 Å². The van der Waals surface area contributed by atoms with E-state index < -0.39 is 17.8 Å². The number of fused-ring (bicyclic) bond motifs is 1. The number of carbonyl (C=O) groups excluding carboxylic acids is 2. The summed E-state index contributed by atoms with van der Waals surface area (Å²) in [5, 5.41) is 10.3. The van der Waals surface area contributed by atoms with Gasteiger partial charge in [0.15, 0.2) is 0 Å². The van der Waals surface area contributed by atoms with Crippen molar-refractivity contribution in [3.05, 3.63) is 83.8 Å². The largest absolute Gasteiger partial charge is 0.370 e. The Morgan fingerprint density at radius 3 is 2.61 bits per heavy atom. The van der Waals surface area contributed by atoms with E-state index in [1.165, 1.54) is 35.7 Å². The molecule has 3 aromatic heterocycles. The van der Waals surface area contributed by atoms with Crippen molar-refractivity contribution in [3.63, 3.8) is 0 Å². The predicted octanol–water partition coefficient (Wildman–Crippen LogP) is 4.25. The summed E-state index contributed by atoms with van der Waals surface area (Å²) in [6.07, 6.45) is 3.14. The van der Waals surface area contributed by atoms with Crippen LogP contribution in [0.4, 0.5) is 14.5 Å². The van der Waals surface area contributed by atoms with E-state index in [-0.39, 0.29) is 24.7 Å². The third kappa shape index (κ3) is 5.71. The molecule has 0 aliphatic heterocycles. The van der Waals surface area contributed by atoms with Crippen LogP contribution in [0.15, 0.2) is 66.3 Å². The van der Waals surface area contributed by atoms with Crippen molar-refractivity contribution in [2.45, 2.75) is 6.54 Å². The molecule has 0 saturated carbocycles. The van der Waals surface area contributed by atoms with Crippen molar-refractivity contribution >= 4 is 39.7 Å². The number of primary amides is 1. The lowest BCUT2D eigenvalue weighted by Crippen LogP contribution is -2.19. The number of rotatable bonds is 9. The van der Waals surface area contributed by atoms with Crippen molar-refractivity contribution in [2.75, 3.05) is 18.5 Å². The standard InChI is InChI=1S/C26H20F2N6O3S/c27-18-4-1-15(2-5-18)19-10-20-17(12-34(33-20)7-8-37-13-24(29)35)9-21(19)31-25(36)22-14-38-26(32-22)16-3-6-23(28)30-11-16/h1-6,9-12,14H,7-8,13H2,(H2,29,35)(H,31,36). The van der Waals surface area contributed by atoms with Gasteiger partial charge < -0.3 is 15.8 Å². The van der Waals surface area contributed by atoms with Crippen LogP contribution in [0.3, 0.4) is 0 Å². The predicted molar refractivity (Wildman–Crippen MR) is 138 cm³/mol. The van der Waals surface area contributed by atoms with E-state index in [4.69, 9.17) is 10.5 Å². The Morgan fingerprint density at radius 2 is 1.87 bits per heavy atom. The van der Waals surface area contributed by atoms with Gasteiger partial charge >= 0.3 is 0 Å². The lowest BCUT2D eigenvalue weighted by atomic mass is 10.0. The Labute approximate surface area is 218 Å². The Balaban J connectivity index is 1.43. The summed E-state index contributed by atoms with van der Waals surface area (Å²) in [7, 11) is 0. The number of carbonyl (C=O) groups is 2.